The first-order valence-electron chi connectivity index (χ1n) is 6.85. The van der Waals surface area contributed by atoms with Crippen molar-refractivity contribution >= 4 is 11.3 Å². The Bertz CT molecular complexity index is 644. The molecule has 21 heavy (non-hydrogen) atoms. The number of aliphatic hydroxyl groups excluding tert-OH is 1. The molecular weight excluding hydrogens is 291 g/mol. The van der Waals surface area contributed by atoms with Gasteiger partial charge in [-0.05, 0) is 37.0 Å². The molecule has 0 spiro atoms. The minimum absolute atomic E-state index is 0.215. The van der Waals surface area contributed by atoms with E-state index in [9.17, 15) is 9.50 Å². The molecule has 0 bridgehead atoms. The standard InChI is InChI=1S/C16H17FO3S/c1-19-12-7-10(11(17)8-13(12)20-2)16(18)15-6-9-4-3-5-14(9)21-15/h6-8,16,18H,3-5H2,1-2H3. The fourth-order valence-electron chi connectivity index (χ4n) is 2.72. The third-order valence-corrected chi connectivity index (χ3v) is 5.12. The maximum absolute atomic E-state index is 14.2. The van der Waals surface area contributed by atoms with Gasteiger partial charge in [0.2, 0.25) is 0 Å². The van der Waals surface area contributed by atoms with Crippen molar-refractivity contribution in [2.45, 2.75) is 25.4 Å². The van der Waals surface area contributed by atoms with Crippen LogP contribution in [-0.2, 0) is 12.8 Å². The number of ether oxygens (including phenoxy) is 2. The Morgan fingerprint density at radius 3 is 2.52 bits per heavy atom. The molecule has 1 aromatic heterocycles. The summed E-state index contributed by atoms with van der Waals surface area (Å²) in [6.45, 7) is 0. The summed E-state index contributed by atoms with van der Waals surface area (Å²) in [5.41, 5.74) is 1.50. The summed E-state index contributed by atoms with van der Waals surface area (Å²) in [4.78, 5) is 2.09. The quantitative estimate of drug-likeness (QED) is 0.940. The minimum Gasteiger partial charge on any atom is -0.493 e. The zero-order chi connectivity index (χ0) is 15.0. The third-order valence-electron chi connectivity index (χ3n) is 3.83. The second-order valence-electron chi connectivity index (χ2n) is 5.08. The summed E-state index contributed by atoms with van der Waals surface area (Å²) < 4.78 is 24.4. The van der Waals surface area contributed by atoms with Crippen molar-refractivity contribution in [1.82, 2.24) is 0 Å². The van der Waals surface area contributed by atoms with E-state index in [1.807, 2.05) is 6.07 Å². The molecule has 112 valence electrons. The van der Waals surface area contributed by atoms with Crippen molar-refractivity contribution in [2.24, 2.45) is 0 Å². The summed E-state index contributed by atoms with van der Waals surface area (Å²) >= 11 is 1.57. The van der Waals surface area contributed by atoms with Gasteiger partial charge in [-0.2, -0.15) is 0 Å². The zero-order valence-electron chi connectivity index (χ0n) is 12.0. The topological polar surface area (TPSA) is 38.7 Å². The summed E-state index contributed by atoms with van der Waals surface area (Å²) in [6.07, 6.45) is 2.30. The van der Waals surface area contributed by atoms with Crippen LogP contribution in [0.4, 0.5) is 4.39 Å². The van der Waals surface area contributed by atoms with Gasteiger partial charge in [0.25, 0.3) is 0 Å². The van der Waals surface area contributed by atoms with Gasteiger partial charge in [-0.1, -0.05) is 0 Å². The predicted octanol–water partition coefficient (Wildman–Crippen LogP) is 3.47. The Labute approximate surface area is 126 Å². The molecule has 0 fully saturated rings. The molecule has 1 atom stereocenters. The van der Waals surface area contributed by atoms with Crippen LogP contribution in [0, 0.1) is 5.82 Å². The lowest BCUT2D eigenvalue weighted by Gasteiger charge is -2.14. The lowest BCUT2D eigenvalue weighted by molar-refractivity contribution is 0.217. The molecule has 2 aromatic rings. The minimum atomic E-state index is -0.972. The highest BCUT2D eigenvalue weighted by Gasteiger charge is 2.23. The van der Waals surface area contributed by atoms with Crippen molar-refractivity contribution in [3.05, 3.63) is 44.9 Å². The fourth-order valence-corrected chi connectivity index (χ4v) is 3.98. The van der Waals surface area contributed by atoms with E-state index in [0.717, 1.165) is 17.7 Å². The van der Waals surface area contributed by atoms with E-state index in [0.29, 0.717) is 11.5 Å². The summed E-state index contributed by atoms with van der Waals surface area (Å²) in [7, 11) is 2.95. The Morgan fingerprint density at radius 2 is 1.86 bits per heavy atom. The van der Waals surface area contributed by atoms with Gasteiger partial charge >= 0.3 is 0 Å². The molecule has 1 aromatic carbocycles. The summed E-state index contributed by atoms with van der Waals surface area (Å²) in [6, 6.07) is 4.75. The van der Waals surface area contributed by atoms with Crippen LogP contribution in [-0.4, -0.2) is 19.3 Å². The number of aryl methyl sites for hydroxylation is 2. The number of thiophene rings is 1. The lowest BCUT2D eigenvalue weighted by atomic mass is 10.1. The number of hydrogen-bond donors (Lipinski definition) is 1. The van der Waals surface area contributed by atoms with E-state index in [2.05, 4.69) is 0 Å². The smallest absolute Gasteiger partial charge is 0.163 e. The van der Waals surface area contributed by atoms with E-state index in [1.54, 1.807) is 11.3 Å². The van der Waals surface area contributed by atoms with Gasteiger partial charge in [0.05, 0.1) is 14.2 Å². The second-order valence-corrected chi connectivity index (χ2v) is 6.25. The average molecular weight is 308 g/mol. The van der Waals surface area contributed by atoms with E-state index < -0.39 is 11.9 Å². The summed E-state index contributed by atoms with van der Waals surface area (Å²) in [5, 5.41) is 10.5. The molecule has 0 saturated heterocycles. The molecule has 0 amide bonds. The molecule has 1 unspecified atom stereocenters. The number of aliphatic hydroxyl groups is 1. The van der Waals surface area contributed by atoms with Crippen molar-refractivity contribution in [3.8, 4) is 11.5 Å². The Kier molecular flexibility index (Phi) is 3.87. The first-order chi connectivity index (χ1) is 10.1. The van der Waals surface area contributed by atoms with E-state index in [1.165, 1.54) is 43.2 Å². The zero-order valence-corrected chi connectivity index (χ0v) is 12.8. The molecule has 1 aliphatic carbocycles. The highest BCUT2D eigenvalue weighted by Crippen LogP contribution is 2.39. The van der Waals surface area contributed by atoms with Gasteiger partial charge in [-0.15, -0.1) is 11.3 Å². The van der Waals surface area contributed by atoms with Crippen LogP contribution < -0.4 is 9.47 Å². The molecular formula is C16H17FO3S. The molecule has 0 saturated carbocycles. The fraction of sp³-hybridized carbons (Fsp3) is 0.375. The number of hydrogen-bond acceptors (Lipinski definition) is 4. The first kappa shape index (κ1) is 14.4. The van der Waals surface area contributed by atoms with Gasteiger partial charge in [-0.25, -0.2) is 4.39 Å². The first-order valence-corrected chi connectivity index (χ1v) is 7.66. The molecule has 0 radical (unpaired) electrons. The summed E-state index contributed by atoms with van der Waals surface area (Å²) in [5.74, 6) is 0.241. The molecule has 0 aliphatic heterocycles. The average Bonchev–Trinajstić information content (AvgIpc) is 3.07. The third kappa shape index (κ3) is 2.51. The maximum atomic E-state index is 14.2. The van der Waals surface area contributed by atoms with Crippen LogP contribution >= 0.6 is 11.3 Å². The van der Waals surface area contributed by atoms with Crippen LogP contribution in [0.15, 0.2) is 18.2 Å². The van der Waals surface area contributed by atoms with Crippen LogP contribution in [0.2, 0.25) is 0 Å². The Hall–Kier alpha value is -1.59. The van der Waals surface area contributed by atoms with E-state index >= 15 is 0 Å². The van der Waals surface area contributed by atoms with Crippen LogP contribution in [0.5, 0.6) is 11.5 Å². The van der Waals surface area contributed by atoms with Crippen molar-refractivity contribution < 1.29 is 19.0 Å². The Balaban J connectivity index is 1.98. The highest BCUT2D eigenvalue weighted by molar-refractivity contribution is 7.12. The molecule has 1 N–H and O–H groups in total. The number of benzene rings is 1. The number of fused-ring (bicyclic) bond motifs is 1. The van der Waals surface area contributed by atoms with Crippen molar-refractivity contribution in [3.63, 3.8) is 0 Å². The van der Waals surface area contributed by atoms with E-state index in [-0.39, 0.29) is 5.56 Å². The SMILES string of the molecule is COc1cc(F)c(C(O)c2cc3c(s2)CCC3)cc1OC. The Morgan fingerprint density at radius 1 is 1.14 bits per heavy atom. The molecule has 1 heterocycles. The monoisotopic (exact) mass is 308 g/mol. The molecule has 1 aliphatic rings. The van der Waals surface area contributed by atoms with Crippen LogP contribution in [0.25, 0.3) is 0 Å². The van der Waals surface area contributed by atoms with Crippen LogP contribution in [0.1, 0.15) is 33.4 Å². The highest BCUT2D eigenvalue weighted by atomic mass is 32.1. The van der Waals surface area contributed by atoms with Gasteiger partial charge < -0.3 is 14.6 Å². The number of methoxy groups -OCH3 is 2. The molecule has 3 nitrogen and oxygen atoms in total. The van der Waals surface area contributed by atoms with Gasteiger partial charge in [-0.3, -0.25) is 0 Å². The number of rotatable bonds is 4. The second kappa shape index (κ2) is 5.66. The maximum Gasteiger partial charge on any atom is 0.163 e. The largest absolute Gasteiger partial charge is 0.493 e. The van der Waals surface area contributed by atoms with Gasteiger partial charge in [0.1, 0.15) is 11.9 Å². The van der Waals surface area contributed by atoms with Crippen molar-refractivity contribution in [1.29, 1.82) is 0 Å². The normalized spacial score (nSPS) is 14.9. The molecule has 3 rings (SSSR count). The van der Waals surface area contributed by atoms with Gasteiger partial charge in [0, 0.05) is 21.4 Å². The van der Waals surface area contributed by atoms with E-state index in [4.69, 9.17) is 9.47 Å². The molecule has 5 heteroatoms. The van der Waals surface area contributed by atoms with Gasteiger partial charge in [0.15, 0.2) is 11.5 Å². The number of halogens is 1. The van der Waals surface area contributed by atoms with Crippen molar-refractivity contribution in [2.75, 3.05) is 14.2 Å². The predicted molar refractivity (Wildman–Crippen MR) is 79.9 cm³/mol. The lowest BCUT2D eigenvalue weighted by Crippen LogP contribution is -2.03. The van der Waals surface area contributed by atoms with Crippen LogP contribution in [0.3, 0.4) is 0 Å².